The smallest absolute Gasteiger partial charge is 0.282 e. The van der Waals surface area contributed by atoms with Crippen LogP contribution in [-0.2, 0) is 0 Å². The van der Waals surface area contributed by atoms with Crippen LogP contribution in [0.5, 0.6) is 0 Å². The highest BCUT2D eigenvalue weighted by molar-refractivity contribution is 7.99. The average Bonchev–Trinajstić information content (AvgIpc) is 2.33. The minimum Gasteiger partial charge on any atom is -0.391 e. The van der Waals surface area contributed by atoms with E-state index in [1.54, 1.807) is 18.2 Å². The molecule has 0 amide bonds. The van der Waals surface area contributed by atoms with Gasteiger partial charge < -0.3 is 10.4 Å². The van der Waals surface area contributed by atoms with Crippen LogP contribution in [0.4, 0.5) is 5.69 Å². The van der Waals surface area contributed by atoms with E-state index in [1.807, 2.05) is 20.8 Å². The molecule has 0 saturated heterocycles. The second kappa shape index (κ2) is 6.88. The third kappa shape index (κ3) is 6.04. The van der Waals surface area contributed by atoms with Crippen LogP contribution < -0.4 is 5.32 Å². The molecule has 0 radical (unpaired) electrons. The molecule has 1 atom stereocenters. The standard InChI is InChI=1S/C13H20N2O3S/c1-13(2,3)14-8-10(16)9-19-12-7-5-4-6-11(12)15(17)18/h4-7,10,14,16H,8-9H2,1-3H3. The Balaban J connectivity index is 2.51. The summed E-state index contributed by atoms with van der Waals surface area (Å²) >= 11 is 1.30. The number of hydrogen-bond acceptors (Lipinski definition) is 5. The maximum atomic E-state index is 10.8. The van der Waals surface area contributed by atoms with Crippen LogP contribution in [0.25, 0.3) is 0 Å². The number of nitrogens with zero attached hydrogens (tertiary/aromatic N) is 1. The number of aliphatic hydroxyl groups is 1. The van der Waals surface area contributed by atoms with Gasteiger partial charge in [0, 0.05) is 23.9 Å². The number of nitro groups is 1. The summed E-state index contributed by atoms with van der Waals surface area (Å²) in [4.78, 5) is 11.0. The van der Waals surface area contributed by atoms with Crippen molar-refractivity contribution < 1.29 is 10.0 Å². The monoisotopic (exact) mass is 284 g/mol. The molecule has 2 N–H and O–H groups in total. The molecule has 0 bridgehead atoms. The van der Waals surface area contributed by atoms with Crippen molar-refractivity contribution in [2.75, 3.05) is 12.3 Å². The number of nitro benzene ring substituents is 1. The van der Waals surface area contributed by atoms with Gasteiger partial charge in [-0.25, -0.2) is 0 Å². The zero-order valence-electron chi connectivity index (χ0n) is 11.4. The molecule has 0 spiro atoms. The van der Waals surface area contributed by atoms with Crippen LogP contribution in [0.2, 0.25) is 0 Å². The van der Waals surface area contributed by atoms with E-state index in [0.717, 1.165) is 0 Å². The average molecular weight is 284 g/mol. The minimum absolute atomic E-state index is 0.0512. The van der Waals surface area contributed by atoms with Crippen molar-refractivity contribution in [3.8, 4) is 0 Å². The van der Waals surface area contributed by atoms with Crippen LogP contribution in [-0.4, -0.2) is 34.0 Å². The molecule has 1 aromatic carbocycles. The topological polar surface area (TPSA) is 75.4 Å². The van der Waals surface area contributed by atoms with Crippen LogP contribution in [0.1, 0.15) is 20.8 Å². The molecule has 0 aliphatic carbocycles. The van der Waals surface area contributed by atoms with Crippen LogP contribution >= 0.6 is 11.8 Å². The van der Waals surface area contributed by atoms with E-state index in [4.69, 9.17) is 0 Å². The second-order valence-corrected chi connectivity index (χ2v) is 6.38. The van der Waals surface area contributed by atoms with E-state index in [9.17, 15) is 15.2 Å². The summed E-state index contributed by atoms with van der Waals surface area (Å²) in [5.41, 5.74) is 0.0354. The lowest BCUT2D eigenvalue weighted by atomic mass is 10.1. The SMILES string of the molecule is CC(C)(C)NCC(O)CSc1ccccc1[N+](=O)[O-]. The van der Waals surface area contributed by atoms with Gasteiger partial charge in [0.15, 0.2) is 0 Å². The van der Waals surface area contributed by atoms with E-state index in [2.05, 4.69) is 5.32 Å². The fourth-order valence-electron chi connectivity index (χ4n) is 1.40. The van der Waals surface area contributed by atoms with Gasteiger partial charge in [0.1, 0.15) is 0 Å². The van der Waals surface area contributed by atoms with Gasteiger partial charge in [-0.3, -0.25) is 10.1 Å². The Kier molecular flexibility index (Phi) is 5.78. The molecule has 0 fully saturated rings. The number of thioether (sulfide) groups is 1. The van der Waals surface area contributed by atoms with Crippen molar-refractivity contribution in [3.05, 3.63) is 34.4 Å². The number of nitrogens with one attached hydrogen (secondary N) is 1. The maximum absolute atomic E-state index is 10.8. The highest BCUT2D eigenvalue weighted by Gasteiger charge is 2.16. The van der Waals surface area contributed by atoms with Gasteiger partial charge in [-0.15, -0.1) is 11.8 Å². The molecule has 106 valence electrons. The number of hydrogen-bond donors (Lipinski definition) is 2. The van der Waals surface area contributed by atoms with E-state index in [-0.39, 0.29) is 11.2 Å². The number of para-hydroxylation sites is 1. The largest absolute Gasteiger partial charge is 0.391 e. The van der Waals surface area contributed by atoms with E-state index >= 15 is 0 Å². The molecule has 6 heteroatoms. The lowest BCUT2D eigenvalue weighted by molar-refractivity contribution is -0.387. The van der Waals surface area contributed by atoms with Crippen LogP contribution in [0, 0.1) is 10.1 Å². The Morgan fingerprint density at radius 3 is 2.63 bits per heavy atom. The van der Waals surface area contributed by atoms with Gasteiger partial charge >= 0.3 is 0 Å². The highest BCUT2D eigenvalue weighted by Crippen LogP contribution is 2.28. The van der Waals surface area contributed by atoms with Crippen LogP contribution in [0.15, 0.2) is 29.2 Å². The molecule has 5 nitrogen and oxygen atoms in total. The van der Waals surface area contributed by atoms with Gasteiger partial charge in [0.25, 0.3) is 5.69 Å². The summed E-state index contributed by atoms with van der Waals surface area (Å²) in [6.45, 7) is 6.54. The van der Waals surface area contributed by atoms with Gasteiger partial charge in [0.05, 0.1) is 15.9 Å². The summed E-state index contributed by atoms with van der Waals surface area (Å²) in [5.74, 6) is 0.425. The molecule has 19 heavy (non-hydrogen) atoms. The quantitative estimate of drug-likeness (QED) is 0.477. The molecule has 0 saturated carbocycles. The number of aliphatic hydroxyl groups excluding tert-OH is 1. The predicted molar refractivity (Wildman–Crippen MR) is 77.6 cm³/mol. The fraction of sp³-hybridized carbons (Fsp3) is 0.538. The number of benzene rings is 1. The minimum atomic E-state index is -0.538. The van der Waals surface area contributed by atoms with E-state index in [0.29, 0.717) is 17.2 Å². The normalized spacial score (nSPS) is 13.3. The molecular weight excluding hydrogens is 264 g/mol. The number of rotatable bonds is 6. The summed E-state index contributed by atoms with van der Waals surface area (Å²) in [6, 6.07) is 6.57. The van der Waals surface area contributed by atoms with E-state index < -0.39 is 11.0 Å². The Labute approximate surface area is 117 Å². The van der Waals surface area contributed by atoms with E-state index in [1.165, 1.54) is 17.8 Å². The number of β-amino-alcohol motifs (C(OH)–C–C–N with tert-alkyl or cyclic N) is 1. The van der Waals surface area contributed by atoms with Gasteiger partial charge in [0.2, 0.25) is 0 Å². The van der Waals surface area contributed by atoms with Gasteiger partial charge in [-0.1, -0.05) is 12.1 Å². The second-order valence-electron chi connectivity index (χ2n) is 5.32. The third-order valence-electron chi connectivity index (χ3n) is 2.36. The lowest BCUT2D eigenvalue weighted by Gasteiger charge is -2.22. The molecule has 1 unspecified atom stereocenters. The molecular formula is C13H20N2O3S. The zero-order valence-corrected chi connectivity index (χ0v) is 12.2. The first kappa shape index (κ1) is 15.9. The molecule has 0 aliphatic rings. The van der Waals surface area contributed by atoms with Crippen molar-refractivity contribution in [1.82, 2.24) is 5.32 Å². The van der Waals surface area contributed by atoms with Gasteiger partial charge in [-0.2, -0.15) is 0 Å². The lowest BCUT2D eigenvalue weighted by Crippen LogP contribution is -2.41. The third-order valence-corrected chi connectivity index (χ3v) is 3.57. The van der Waals surface area contributed by atoms with Crippen molar-refractivity contribution in [3.63, 3.8) is 0 Å². The molecule has 0 heterocycles. The zero-order chi connectivity index (χ0) is 14.5. The van der Waals surface area contributed by atoms with Crippen LogP contribution in [0.3, 0.4) is 0 Å². The van der Waals surface area contributed by atoms with Gasteiger partial charge in [-0.05, 0) is 26.8 Å². The molecule has 0 aromatic heterocycles. The van der Waals surface area contributed by atoms with Crippen molar-refractivity contribution in [2.24, 2.45) is 0 Å². The Morgan fingerprint density at radius 2 is 2.05 bits per heavy atom. The molecule has 0 aliphatic heterocycles. The molecule has 1 rings (SSSR count). The Hall–Kier alpha value is -1.11. The highest BCUT2D eigenvalue weighted by atomic mass is 32.2. The van der Waals surface area contributed by atoms with Crippen molar-refractivity contribution in [2.45, 2.75) is 37.3 Å². The first-order chi connectivity index (χ1) is 8.79. The first-order valence-electron chi connectivity index (χ1n) is 6.09. The summed E-state index contributed by atoms with van der Waals surface area (Å²) in [5, 5.41) is 23.9. The maximum Gasteiger partial charge on any atom is 0.282 e. The summed E-state index contributed by atoms with van der Waals surface area (Å²) in [6.07, 6.45) is -0.538. The van der Waals surface area contributed by atoms with Crippen molar-refractivity contribution >= 4 is 17.4 Å². The fourth-order valence-corrected chi connectivity index (χ4v) is 2.35. The van der Waals surface area contributed by atoms with Crippen molar-refractivity contribution in [1.29, 1.82) is 0 Å². The summed E-state index contributed by atoms with van der Waals surface area (Å²) in [7, 11) is 0. The first-order valence-corrected chi connectivity index (χ1v) is 7.07. The predicted octanol–water partition coefficient (Wildman–Crippen LogP) is 2.44. The molecule has 1 aromatic rings. The summed E-state index contributed by atoms with van der Waals surface area (Å²) < 4.78 is 0. The Bertz CT molecular complexity index is 432. The Morgan fingerprint density at radius 1 is 1.42 bits per heavy atom.